The van der Waals surface area contributed by atoms with Crippen LogP contribution in [0.1, 0.15) is 12.8 Å². The van der Waals surface area contributed by atoms with Crippen molar-refractivity contribution in [3.05, 3.63) is 0 Å². The summed E-state index contributed by atoms with van der Waals surface area (Å²) < 4.78 is 0. The predicted molar refractivity (Wildman–Crippen MR) is 65.6 cm³/mol. The highest BCUT2D eigenvalue weighted by Crippen LogP contribution is 2.22. The molecule has 0 aliphatic carbocycles. The highest BCUT2D eigenvalue weighted by Gasteiger charge is 1.99. The molecule has 0 aromatic heterocycles. The van der Waals surface area contributed by atoms with Crippen LogP contribution in [0.2, 0.25) is 0 Å². The summed E-state index contributed by atoms with van der Waals surface area (Å²) in [6.07, 6.45) is 0.259. The van der Waals surface area contributed by atoms with Crippen molar-refractivity contribution in [2.24, 2.45) is 5.73 Å². The van der Waals surface area contributed by atoms with Crippen LogP contribution in [0, 0.1) is 0 Å². The molecule has 0 rings (SSSR count). The minimum absolute atomic E-state index is 0.0972. The zero-order valence-electron chi connectivity index (χ0n) is 8.79. The molecule has 0 atom stereocenters. The van der Waals surface area contributed by atoms with E-state index in [1.54, 1.807) is 0 Å². The summed E-state index contributed by atoms with van der Waals surface area (Å²) >= 11 is 0. The Kier molecular flexibility index (Phi) is 16.3. The summed E-state index contributed by atoms with van der Waals surface area (Å²) in [5.41, 5.74) is 4.78. The minimum Gasteiger partial charge on any atom is -0.481 e. The fourth-order valence-electron chi connectivity index (χ4n) is 0.376. The molecule has 0 fully saturated rings. The Morgan fingerprint density at radius 3 is 1.50 bits per heavy atom. The van der Waals surface area contributed by atoms with E-state index in [-0.39, 0.29) is 19.4 Å². The molecular weight excluding hydrogens is 254 g/mol. The Hall–Kier alpha value is -0.440. The first-order valence-electron chi connectivity index (χ1n) is 4.53. The van der Waals surface area contributed by atoms with Crippen molar-refractivity contribution in [2.75, 3.05) is 24.7 Å². The lowest BCUT2D eigenvalue weighted by Gasteiger charge is -1.95. The molecule has 0 spiro atoms. The van der Waals surface area contributed by atoms with Gasteiger partial charge in [0.05, 0.1) is 19.4 Å². The lowest BCUT2D eigenvalue weighted by molar-refractivity contribution is -0.137. The van der Waals surface area contributed by atoms with Crippen molar-refractivity contribution in [1.29, 1.82) is 0 Å². The van der Waals surface area contributed by atoms with Crippen molar-refractivity contribution in [1.82, 2.24) is 0 Å². The first-order chi connectivity index (χ1) is 7.54. The first kappa shape index (κ1) is 17.9. The minimum atomic E-state index is -0.818. The van der Waals surface area contributed by atoms with Crippen LogP contribution in [0.25, 0.3) is 0 Å². The smallest absolute Gasteiger partial charge is 0.304 e. The molecule has 0 aliphatic heterocycles. The highest BCUT2D eigenvalue weighted by molar-refractivity contribution is 8.76. The van der Waals surface area contributed by atoms with Crippen LogP contribution in [0.15, 0.2) is 0 Å². The van der Waals surface area contributed by atoms with E-state index < -0.39 is 11.9 Å². The summed E-state index contributed by atoms with van der Waals surface area (Å²) in [5.74, 6) is -0.582. The molecule has 5 N–H and O–H groups in total. The lowest BCUT2D eigenvalue weighted by Crippen LogP contribution is -2.02. The van der Waals surface area contributed by atoms with E-state index >= 15 is 0 Å². The summed E-state index contributed by atoms with van der Waals surface area (Å²) in [7, 11) is 2.79. The number of hydrogen-bond acceptors (Lipinski definition) is 6. The Balaban J connectivity index is 0. The van der Waals surface area contributed by atoms with Gasteiger partial charge in [-0.1, -0.05) is 21.6 Å². The number of aliphatic hydroxyl groups excluding tert-OH is 1. The Morgan fingerprint density at radius 2 is 1.31 bits per heavy atom. The van der Waals surface area contributed by atoms with Crippen LogP contribution >= 0.6 is 21.6 Å². The molecule has 0 amide bonds. The van der Waals surface area contributed by atoms with Crippen LogP contribution in [0.5, 0.6) is 0 Å². The van der Waals surface area contributed by atoms with Gasteiger partial charge in [0.25, 0.3) is 0 Å². The predicted octanol–water partition coefficient (Wildman–Crippen LogP) is 0.255. The molecule has 0 saturated carbocycles. The van der Waals surface area contributed by atoms with Gasteiger partial charge < -0.3 is 21.1 Å². The lowest BCUT2D eigenvalue weighted by atomic mass is 10.5. The zero-order valence-corrected chi connectivity index (χ0v) is 10.4. The van der Waals surface area contributed by atoms with E-state index in [0.717, 1.165) is 0 Å². The molecule has 6 nitrogen and oxygen atoms in total. The molecule has 0 heterocycles. The maximum Gasteiger partial charge on any atom is 0.304 e. The largest absolute Gasteiger partial charge is 0.481 e. The second-order valence-electron chi connectivity index (χ2n) is 2.44. The number of carboxylic acid groups (broad SMARTS) is 2. The number of carbonyl (C=O) groups is 2. The Morgan fingerprint density at radius 1 is 1.00 bits per heavy atom. The summed E-state index contributed by atoms with van der Waals surface area (Å²) in [5, 5.41) is 24.2. The van der Waals surface area contributed by atoms with E-state index in [2.05, 4.69) is 0 Å². The third-order valence-corrected chi connectivity index (χ3v) is 3.42. The first-order valence-corrected chi connectivity index (χ1v) is 7.02. The molecule has 0 aromatic rings. The standard InChI is InChI=1S/C6H10O4S2.C2H7NO/c7-5(8)1-3-11-12-4-2-6(9)10;3-1-2-4/h1-4H2,(H,7,8)(H,9,10);4H,1-3H2. The van der Waals surface area contributed by atoms with Gasteiger partial charge in [0, 0.05) is 18.1 Å². The van der Waals surface area contributed by atoms with E-state index in [4.69, 9.17) is 21.1 Å². The summed E-state index contributed by atoms with van der Waals surface area (Å²) in [6.45, 7) is 0.472. The van der Waals surface area contributed by atoms with Crippen molar-refractivity contribution in [3.8, 4) is 0 Å². The second-order valence-corrected chi connectivity index (χ2v) is 5.15. The van der Waals surface area contributed by atoms with Gasteiger partial charge in [-0.15, -0.1) is 0 Å². The van der Waals surface area contributed by atoms with Gasteiger partial charge in [-0.2, -0.15) is 0 Å². The van der Waals surface area contributed by atoms with Crippen molar-refractivity contribution >= 4 is 33.5 Å². The zero-order chi connectivity index (χ0) is 12.8. The van der Waals surface area contributed by atoms with Crippen LogP contribution < -0.4 is 5.73 Å². The van der Waals surface area contributed by atoms with Crippen LogP contribution in [0.4, 0.5) is 0 Å². The molecule has 0 radical (unpaired) electrons. The number of nitrogens with two attached hydrogens (primary N) is 1. The van der Waals surface area contributed by atoms with Crippen molar-refractivity contribution in [2.45, 2.75) is 12.8 Å². The number of hydrogen-bond donors (Lipinski definition) is 4. The SMILES string of the molecule is NCCO.O=C(O)CCSSCCC(=O)O. The molecule has 0 saturated heterocycles. The number of aliphatic carboxylic acids is 2. The fraction of sp³-hybridized carbons (Fsp3) is 0.750. The van der Waals surface area contributed by atoms with Gasteiger partial charge >= 0.3 is 11.9 Å². The third-order valence-electron chi connectivity index (χ3n) is 1.01. The van der Waals surface area contributed by atoms with Gasteiger partial charge in [-0.05, 0) is 0 Å². The molecule has 96 valence electrons. The van der Waals surface area contributed by atoms with Gasteiger partial charge in [-0.3, -0.25) is 9.59 Å². The fourth-order valence-corrected chi connectivity index (χ4v) is 2.33. The number of rotatable bonds is 8. The highest BCUT2D eigenvalue weighted by atomic mass is 33.1. The van der Waals surface area contributed by atoms with E-state index in [0.29, 0.717) is 18.1 Å². The van der Waals surface area contributed by atoms with Crippen LogP contribution in [0.3, 0.4) is 0 Å². The molecule has 0 aliphatic rings. The quantitative estimate of drug-likeness (QED) is 0.366. The number of aliphatic hydroxyl groups is 1. The second kappa shape index (κ2) is 14.6. The Labute approximate surface area is 102 Å². The number of carboxylic acids is 2. The molecule has 0 unspecified atom stereocenters. The van der Waals surface area contributed by atoms with Gasteiger partial charge in [0.2, 0.25) is 0 Å². The maximum atomic E-state index is 10.0. The molecule has 0 aromatic carbocycles. The third kappa shape index (κ3) is 23.4. The summed E-state index contributed by atoms with van der Waals surface area (Å²) in [4.78, 5) is 20.0. The molecule has 16 heavy (non-hydrogen) atoms. The molecular formula is C8H17NO5S2. The van der Waals surface area contributed by atoms with E-state index in [1.807, 2.05) is 0 Å². The topological polar surface area (TPSA) is 121 Å². The average molecular weight is 271 g/mol. The normalized spacial score (nSPS) is 9.12. The van der Waals surface area contributed by atoms with Gasteiger partial charge in [0.1, 0.15) is 0 Å². The molecule has 0 bridgehead atoms. The monoisotopic (exact) mass is 271 g/mol. The van der Waals surface area contributed by atoms with E-state index in [9.17, 15) is 9.59 Å². The summed E-state index contributed by atoms with van der Waals surface area (Å²) in [6, 6.07) is 0. The van der Waals surface area contributed by atoms with E-state index in [1.165, 1.54) is 21.6 Å². The van der Waals surface area contributed by atoms with Crippen molar-refractivity contribution in [3.63, 3.8) is 0 Å². The maximum absolute atomic E-state index is 10.0. The Bertz CT molecular complexity index is 171. The molecule has 8 heteroatoms. The van der Waals surface area contributed by atoms with Crippen LogP contribution in [-0.4, -0.2) is 51.9 Å². The van der Waals surface area contributed by atoms with Gasteiger partial charge in [-0.25, -0.2) is 0 Å². The van der Waals surface area contributed by atoms with Crippen molar-refractivity contribution < 1.29 is 24.9 Å². The van der Waals surface area contributed by atoms with Gasteiger partial charge in [0.15, 0.2) is 0 Å². The van der Waals surface area contributed by atoms with Crippen LogP contribution in [-0.2, 0) is 9.59 Å². The average Bonchev–Trinajstić information content (AvgIpc) is 2.23.